The van der Waals surface area contributed by atoms with Gasteiger partial charge < -0.3 is 9.47 Å². The summed E-state index contributed by atoms with van der Waals surface area (Å²) in [6.45, 7) is 6.21. The highest BCUT2D eigenvalue weighted by atomic mass is 16.8. The van der Waals surface area contributed by atoms with Crippen molar-refractivity contribution in [2.24, 2.45) is 0 Å². The molecule has 0 saturated heterocycles. The lowest BCUT2D eigenvalue weighted by Gasteiger charge is -2.34. The average Bonchev–Trinajstić information content (AvgIpc) is 2.71. The Hall–Kier alpha value is -1.30. The predicted octanol–water partition coefficient (Wildman–Crippen LogP) is 3.51. The van der Waals surface area contributed by atoms with Crippen molar-refractivity contribution < 1.29 is 14.2 Å². The summed E-state index contributed by atoms with van der Waals surface area (Å²) in [5.41, 5.74) is 0. The summed E-state index contributed by atoms with van der Waals surface area (Å²) < 4.78 is 18.2. The molecule has 23 heavy (non-hydrogen) atoms. The normalized spacial score (nSPS) is 20.8. The van der Waals surface area contributed by atoms with Crippen LogP contribution in [0.1, 0.15) is 39.5 Å². The lowest BCUT2D eigenvalue weighted by molar-refractivity contribution is -0.278. The monoisotopic (exact) mass is 322 g/mol. The second-order valence-electron chi connectivity index (χ2n) is 6.13. The van der Waals surface area contributed by atoms with E-state index in [9.17, 15) is 0 Å². The van der Waals surface area contributed by atoms with Crippen molar-refractivity contribution in [1.29, 1.82) is 0 Å². The van der Waals surface area contributed by atoms with Crippen LogP contribution in [0.25, 0.3) is 0 Å². The van der Waals surface area contributed by atoms with E-state index in [4.69, 9.17) is 14.2 Å². The van der Waals surface area contributed by atoms with Gasteiger partial charge in [0.25, 0.3) is 12.8 Å². The van der Waals surface area contributed by atoms with E-state index < -0.39 is 12.8 Å². The second-order valence-corrected chi connectivity index (χ2v) is 6.13. The Kier molecular flexibility index (Phi) is 7.15. The van der Waals surface area contributed by atoms with Gasteiger partial charge >= 0.3 is 0 Å². The van der Waals surface area contributed by atoms with Crippen LogP contribution in [0.5, 0.6) is 11.5 Å². The van der Waals surface area contributed by atoms with Gasteiger partial charge in [-0.2, -0.15) is 0 Å². The van der Waals surface area contributed by atoms with Gasteiger partial charge in [0.05, 0.1) is 0 Å². The van der Waals surface area contributed by atoms with Crippen LogP contribution in [-0.2, 0) is 4.74 Å². The highest BCUT2D eigenvalue weighted by Crippen LogP contribution is 2.25. The molecule has 5 nitrogen and oxygen atoms in total. The van der Waals surface area contributed by atoms with Crippen molar-refractivity contribution in [1.82, 2.24) is 9.80 Å². The molecule has 0 aliphatic carbocycles. The maximum absolute atomic E-state index is 6.16. The number of hydrogen-bond acceptors (Lipinski definition) is 5. The molecule has 2 unspecified atom stereocenters. The first-order valence-electron chi connectivity index (χ1n) is 8.63. The third kappa shape index (κ3) is 5.37. The Balaban J connectivity index is 2.12. The fraction of sp³-hybridized carbons (Fsp3) is 0.667. The van der Waals surface area contributed by atoms with Gasteiger partial charge in [-0.15, -0.1) is 0 Å². The molecular formula is C18H30N2O3. The maximum Gasteiger partial charge on any atom is 0.265 e. The van der Waals surface area contributed by atoms with Gasteiger partial charge in [0, 0.05) is 13.1 Å². The van der Waals surface area contributed by atoms with Gasteiger partial charge in [-0.3, -0.25) is 4.74 Å². The molecule has 1 aromatic rings. The first-order chi connectivity index (χ1) is 11.1. The summed E-state index contributed by atoms with van der Waals surface area (Å²) >= 11 is 0. The Labute approximate surface area is 140 Å². The van der Waals surface area contributed by atoms with E-state index in [2.05, 4.69) is 23.6 Å². The van der Waals surface area contributed by atoms with Crippen LogP contribution in [-0.4, -0.2) is 49.8 Å². The number of ether oxygens (including phenoxy) is 3. The number of rotatable bonds is 8. The summed E-state index contributed by atoms with van der Waals surface area (Å²) in [7, 11) is 4.05. The van der Waals surface area contributed by atoms with E-state index in [-0.39, 0.29) is 0 Å². The van der Waals surface area contributed by atoms with Crippen LogP contribution in [0, 0.1) is 0 Å². The minimum atomic E-state index is -0.461. The third-order valence-electron chi connectivity index (χ3n) is 3.98. The van der Waals surface area contributed by atoms with Crippen LogP contribution in [0.4, 0.5) is 0 Å². The first-order valence-corrected chi connectivity index (χ1v) is 8.63. The number of unbranched alkanes of at least 4 members (excludes halogenated alkanes) is 2. The molecule has 0 amide bonds. The molecule has 130 valence electrons. The maximum atomic E-state index is 6.16. The molecule has 2 aliphatic heterocycles. The van der Waals surface area contributed by atoms with Gasteiger partial charge in [0.2, 0.25) is 0 Å². The largest absolute Gasteiger partial charge is 0.451 e. The van der Waals surface area contributed by atoms with Crippen molar-refractivity contribution in [2.75, 3.05) is 27.2 Å². The molecule has 0 spiro atoms. The zero-order valence-electron chi connectivity index (χ0n) is 14.8. The van der Waals surface area contributed by atoms with Crippen molar-refractivity contribution in [3.63, 3.8) is 0 Å². The lowest BCUT2D eigenvalue weighted by Crippen LogP contribution is -2.48. The molecule has 3 rings (SSSR count). The molecule has 2 aliphatic rings. The van der Waals surface area contributed by atoms with E-state index in [1.807, 2.05) is 38.4 Å². The van der Waals surface area contributed by atoms with E-state index >= 15 is 0 Å². The van der Waals surface area contributed by atoms with E-state index in [1.165, 1.54) is 0 Å². The predicted molar refractivity (Wildman–Crippen MR) is 91.4 cm³/mol. The molecule has 0 saturated carbocycles. The van der Waals surface area contributed by atoms with E-state index in [1.54, 1.807) is 0 Å². The fourth-order valence-corrected chi connectivity index (χ4v) is 2.40. The summed E-state index contributed by atoms with van der Waals surface area (Å²) in [4.78, 5) is 4.18. The smallest absolute Gasteiger partial charge is 0.265 e. The summed E-state index contributed by atoms with van der Waals surface area (Å²) in [6, 6.07) is 7.70. The Morgan fingerprint density at radius 2 is 1.17 bits per heavy atom. The second kappa shape index (κ2) is 9.11. The van der Waals surface area contributed by atoms with Crippen LogP contribution >= 0.6 is 0 Å². The van der Waals surface area contributed by atoms with Crippen molar-refractivity contribution >= 4 is 0 Å². The zero-order valence-corrected chi connectivity index (χ0v) is 14.8. The molecule has 2 heterocycles. The van der Waals surface area contributed by atoms with Gasteiger partial charge in [-0.1, -0.05) is 26.7 Å². The van der Waals surface area contributed by atoms with Gasteiger partial charge in [-0.05, 0) is 51.2 Å². The summed E-state index contributed by atoms with van der Waals surface area (Å²) in [5.74, 6) is 1.59. The number of fused-ring (bicyclic) bond motifs is 6. The van der Waals surface area contributed by atoms with Crippen LogP contribution in [0.2, 0.25) is 0 Å². The average molecular weight is 322 g/mol. The lowest BCUT2D eigenvalue weighted by atomic mass is 10.3. The van der Waals surface area contributed by atoms with E-state index in [0.717, 1.165) is 50.3 Å². The molecule has 0 N–H and O–H groups in total. The Morgan fingerprint density at radius 3 is 1.52 bits per heavy atom. The standard InChI is InChI=1S/C18H30N2O3/c1-5-7-13-19(3)17-21-15-9-11-16(12-10-15)22-18(23-17)20(4)14-8-6-2/h9-12,17-18H,5-8,13-14H2,1-4H3. The van der Waals surface area contributed by atoms with Crippen molar-refractivity contribution in [3.05, 3.63) is 24.3 Å². The SMILES string of the molecule is CCCCN(C)C1Oc2ccc(cc2)OC(N(C)CCCC)O1. The number of nitrogens with zero attached hydrogens (tertiary/aromatic N) is 2. The Morgan fingerprint density at radius 1 is 0.783 bits per heavy atom. The molecule has 2 bridgehead atoms. The Bertz CT molecular complexity index is 411. The molecule has 0 radical (unpaired) electrons. The molecule has 5 heteroatoms. The highest BCUT2D eigenvalue weighted by Gasteiger charge is 2.27. The van der Waals surface area contributed by atoms with Gasteiger partial charge in [0.1, 0.15) is 11.5 Å². The first kappa shape index (κ1) is 18.0. The third-order valence-corrected chi connectivity index (χ3v) is 3.98. The zero-order chi connectivity index (χ0) is 16.7. The van der Waals surface area contributed by atoms with Gasteiger partial charge in [0.15, 0.2) is 0 Å². The molecule has 0 aromatic heterocycles. The number of benzene rings is 1. The summed E-state index contributed by atoms with van der Waals surface area (Å²) in [5, 5.41) is 0. The van der Waals surface area contributed by atoms with E-state index in [0.29, 0.717) is 0 Å². The van der Waals surface area contributed by atoms with Crippen LogP contribution in [0.3, 0.4) is 0 Å². The van der Waals surface area contributed by atoms with Crippen molar-refractivity contribution in [3.8, 4) is 11.5 Å². The van der Waals surface area contributed by atoms with Crippen LogP contribution in [0.15, 0.2) is 24.3 Å². The quantitative estimate of drug-likeness (QED) is 0.732. The summed E-state index contributed by atoms with van der Waals surface area (Å²) in [6.07, 6.45) is 3.57. The molecular weight excluding hydrogens is 292 g/mol. The van der Waals surface area contributed by atoms with Crippen molar-refractivity contribution in [2.45, 2.75) is 52.4 Å². The minimum absolute atomic E-state index is 0.461. The number of hydrogen-bond donors (Lipinski definition) is 0. The highest BCUT2D eigenvalue weighted by molar-refractivity contribution is 5.31. The van der Waals surface area contributed by atoms with Crippen LogP contribution < -0.4 is 9.47 Å². The minimum Gasteiger partial charge on any atom is -0.451 e. The fourth-order valence-electron chi connectivity index (χ4n) is 2.40. The molecule has 0 fully saturated rings. The molecule has 2 atom stereocenters. The van der Waals surface area contributed by atoms with Gasteiger partial charge in [-0.25, -0.2) is 9.80 Å². The topological polar surface area (TPSA) is 34.2 Å². The molecule has 1 aromatic carbocycles.